The van der Waals surface area contributed by atoms with Gasteiger partial charge in [0.05, 0.1) is 6.04 Å². The molecule has 2 saturated heterocycles. The number of hydrogen-bond acceptors (Lipinski definition) is 5. The van der Waals surface area contributed by atoms with Crippen LogP contribution in [0, 0.1) is 0 Å². The lowest BCUT2D eigenvalue weighted by Crippen LogP contribution is -2.66. The second kappa shape index (κ2) is 7.37. The highest BCUT2D eigenvalue weighted by atomic mass is 16.5. The Balaban J connectivity index is 1.83. The minimum absolute atomic E-state index is 0.0368. The van der Waals surface area contributed by atoms with Crippen molar-refractivity contribution in [1.29, 1.82) is 0 Å². The van der Waals surface area contributed by atoms with E-state index in [0.29, 0.717) is 39.3 Å². The van der Waals surface area contributed by atoms with Crippen LogP contribution >= 0.6 is 0 Å². The Morgan fingerprint density at radius 3 is 3.00 bits per heavy atom. The van der Waals surface area contributed by atoms with Crippen LogP contribution in [0.4, 0.5) is 0 Å². The van der Waals surface area contributed by atoms with Gasteiger partial charge in [-0.1, -0.05) is 0 Å². The number of nitrogens with zero attached hydrogens (tertiary/aromatic N) is 2. The molecule has 0 aliphatic carbocycles. The van der Waals surface area contributed by atoms with Crippen molar-refractivity contribution >= 4 is 17.7 Å². The summed E-state index contributed by atoms with van der Waals surface area (Å²) in [5.41, 5.74) is 0. The topological polar surface area (TPSA) is 91.0 Å². The second-order valence-electron chi connectivity index (χ2n) is 5.24. The standard InChI is InChI=1S/C13H22N4O4/c1-21-6-2-3-15-11(18)9-16-8-10-7-14-4-5-17(10)13(20)12(16)19/h10,14H,2-9H2,1H3,(H,15,18). The number of piperazine rings is 2. The summed E-state index contributed by atoms with van der Waals surface area (Å²) in [6.07, 6.45) is 0.718. The highest BCUT2D eigenvalue weighted by Gasteiger charge is 2.40. The van der Waals surface area contributed by atoms with E-state index in [1.807, 2.05) is 0 Å². The van der Waals surface area contributed by atoms with Gasteiger partial charge in [-0.15, -0.1) is 0 Å². The third kappa shape index (κ3) is 3.92. The van der Waals surface area contributed by atoms with Gasteiger partial charge in [-0.25, -0.2) is 0 Å². The molecule has 1 unspecified atom stereocenters. The summed E-state index contributed by atoms with van der Waals surface area (Å²) < 4.78 is 4.89. The number of rotatable bonds is 6. The number of fused-ring (bicyclic) bond motifs is 1. The van der Waals surface area contributed by atoms with Crippen LogP contribution in [-0.2, 0) is 19.1 Å². The Morgan fingerprint density at radius 1 is 1.43 bits per heavy atom. The normalized spacial score (nSPS) is 22.2. The first-order chi connectivity index (χ1) is 10.1. The highest BCUT2D eigenvalue weighted by Crippen LogP contribution is 2.13. The summed E-state index contributed by atoms with van der Waals surface area (Å²) in [6, 6.07) is -0.0368. The van der Waals surface area contributed by atoms with Crippen LogP contribution in [0.5, 0.6) is 0 Å². The zero-order chi connectivity index (χ0) is 15.2. The number of ether oxygens (including phenoxy) is 1. The third-order valence-corrected chi connectivity index (χ3v) is 3.69. The molecule has 118 valence electrons. The summed E-state index contributed by atoms with van der Waals surface area (Å²) in [6.45, 7) is 3.32. The summed E-state index contributed by atoms with van der Waals surface area (Å²) in [4.78, 5) is 38.8. The average molecular weight is 298 g/mol. The first kappa shape index (κ1) is 15.7. The van der Waals surface area contributed by atoms with Crippen LogP contribution in [0.25, 0.3) is 0 Å². The first-order valence-corrected chi connectivity index (χ1v) is 7.19. The van der Waals surface area contributed by atoms with Crippen LogP contribution in [0.1, 0.15) is 6.42 Å². The number of nitrogens with one attached hydrogen (secondary N) is 2. The van der Waals surface area contributed by atoms with E-state index in [2.05, 4.69) is 10.6 Å². The maximum absolute atomic E-state index is 12.0. The largest absolute Gasteiger partial charge is 0.385 e. The van der Waals surface area contributed by atoms with Gasteiger partial charge in [0.25, 0.3) is 0 Å². The molecule has 0 aromatic rings. The Hall–Kier alpha value is -1.67. The molecule has 1 atom stereocenters. The quantitative estimate of drug-likeness (QED) is 0.428. The molecule has 8 nitrogen and oxygen atoms in total. The van der Waals surface area contributed by atoms with E-state index in [9.17, 15) is 14.4 Å². The zero-order valence-electron chi connectivity index (χ0n) is 12.3. The first-order valence-electron chi connectivity index (χ1n) is 7.19. The van der Waals surface area contributed by atoms with E-state index < -0.39 is 11.8 Å². The van der Waals surface area contributed by atoms with Crippen molar-refractivity contribution in [2.75, 3.05) is 53.0 Å². The van der Waals surface area contributed by atoms with Gasteiger partial charge in [0.15, 0.2) is 0 Å². The minimum Gasteiger partial charge on any atom is -0.385 e. The summed E-state index contributed by atoms with van der Waals surface area (Å²) in [5, 5.41) is 5.91. The fourth-order valence-corrected chi connectivity index (χ4v) is 2.60. The molecule has 0 radical (unpaired) electrons. The summed E-state index contributed by atoms with van der Waals surface area (Å²) in [5.74, 6) is -1.33. The summed E-state index contributed by atoms with van der Waals surface area (Å²) in [7, 11) is 1.60. The molecule has 2 rings (SSSR count). The minimum atomic E-state index is -0.583. The van der Waals surface area contributed by atoms with Gasteiger partial charge in [0.2, 0.25) is 5.91 Å². The predicted molar refractivity (Wildman–Crippen MR) is 74.5 cm³/mol. The number of amides is 3. The maximum Gasteiger partial charge on any atom is 0.312 e. The fourth-order valence-electron chi connectivity index (χ4n) is 2.60. The van der Waals surface area contributed by atoms with Crippen LogP contribution in [0.3, 0.4) is 0 Å². The highest BCUT2D eigenvalue weighted by molar-refractivity contribution is 6.35. The Morgan fingerprint density at radius 2 is 2.24 bits per heavy atom. The van der Waals surface area contributed by atoms with Gasteiger partial charge in [-0.2, -0.15) is 0 Å². The Kier molecular flexibility index (Phi) is 5.51. The van der Waals surface area contributed by atoms with E-state index in [1.165, 1.54) is 4.90 Å². The van der Waals surface area contributed by atoms with Crippen molar-refractivity contribution in [2.24, 2.45) is 0 Å². The van der Waals surface area contributed by atoms with Gasteiger partial charge in [-0.05, 0) is 6.42 Å². The molecule has 0 aromatic carbocycles. The van der Waals surface area contributed by atoms with Crippen LogP contribution in [0.2, 0.25) is 0 Å². The molecule has 0 saturated carbocycles. The second-order valence-corrected chi connectivity index (χ2v) is 5.24. The molecule has 21 heavy (non-hydrogen) atoms. The third-order valence-electron chi connectivity index (χ3n) is 3.69. The maximum atomic E-state index is 12.0. The van der Waals surface area contributed by atoms with E-state index >= 15 is 0 Å². The molecule has 8 heteroatoms. The molecule has 2 heterocycles. The van der Waals surface area contributed by atoms with Crippen LogP contribution in [0.15, 0.2) is 0 Å². The molecular formula is C13H22N4O4. The Labute approximate surface area is 123 Å². The predicted octanol–water partition coefficient (Wildman–Crippen LogP) is -2.22. The average Bonchev–Trinajstić information content (AvgIpc) is 2.49. The monoisotopic (exact) mass is 298 g/mol. The van der Waals surface area contributed by atoms with Crippen LogP contribution < -0.4 is 10.6 Å². The smallest absolute Gasteiger partial charge is 0.312 e. The molecular weight excluding hydrogens is 276 g/mol. The van der Waals surface area contributed by atoms with Gasteiger partial charge in [0, 0.05) is 46.4 Å². The van der Waals surface area contributed by atoms with Crippen molar-refractivity contribution in [3.63, 3.8) is 0 Å². The SMILES string of the molecule is COCCCNC(=O)CN1CC2CNCCN2C(=O)C1=O. The van der Waals surface area contributed by atoms with Crippen molar-refractivity contribution in [3.05, 3.63) is 0 Å². The van der Waals surface area contributed by atoms with Crippen molar-refractivity contribution < 1.29 is 19.1 Å². The van der Waals surface area contributed by atoms with Crippen molar-refractivity contribution in [3.8, 4) is 0 Å². The lowest BCUT2D eigenvalue weighted by atomic mass is 10.1. The van der Waals surface area contributed by atoms with Crippen molar-refractivity contribution in [2.45, 2.75) is 12.5 Å². The number of hydrogen-bond donors (Lipinski definition) is 2. The van der Waals surface area contributed by atoms with Gasteiger partial charge in [0.1, 0.15) is 6.54 Å². The molecule has 0 aromatic heterocycles. The number of methoxy groups -OCH3 is 1. The molecule has 2 fully saturated rings. The number of carbonyl (C=O) groups is 3. The molecule has 0 spiro atoms. The van der Waals surface area contributed by atoms with E-state index in [0.717, 1.165) is 6.42 Å². The number of carbonyl (C=O) groups excluding carboxylic acids is 3. The fraction of sp³-hybridized carbons (Fsp3) is 0.769. The van der Waals surface area contributed by atoms with Gasteiger partial charge >= 0.3 is 11.8 Å². The van der Waals surface area contributed by atoms with E-state index in [4.69, 9.17) is 4.74 Å². The van der Waals surface area contributed by atoms with Gasteiger partial charge < -0.3 is 25.2 Å². The lowest BCUT2D eigenvalue weighted by molar-refractivity contribution is -0.160. The Bertz CT molecular complexity index is 415. The van der Waals surface area contributed by atoms with Gasteiger partial charge in [-0.3, -0.25) is 14.4 Å². The molecule has 2 aliphatic heterocycles. The molecule has 2 aliphatic rings. The molecule has 0 bridgehead atoms. The zero-order valence-corrected chi connectivity index (χ0v) is 12.3. The van der Waals surface area contributed by atoms with E-state index in [1.54, 1.807) is 12.0 Å². The molecule has 2 N–H and O–H groups in total. The van der Waals surface area contributed by atoms with Crippen molar-refractivity contribution in [1.82, 2.24) is 20.4 Å². The lowest BCUT2D eigenvalue weighted by Gasteiger charge is -2.43. The van der Waals surface area contributed by atoms with E-state index in [-0.39, 0.29) is 18.5 Å². The molecule has 3 amide bonds. The summed E-state index contributed by atoms with van der Waals surface area (Å²) >= 11 is 0. The van der Waals surface area contributed by atoms with Crippen LogP contribution in [-0.4, -0.2) is 86.5 Å².